The molecule has 3 aliphatic rings. The van der Waals surface area contributed by atoms with Gasteiger partial charge in [-0.15, -0.1) is 0 Å². The first kappa shape index (κ1) is 24.7. The van der Waals surface area contributed by atoms with Crippen LogP contribution in [0.2, 0.25) is 0 Å². The summed E-state index contributed by atoms with van der Waals surface area (Å²) >= 11 is 0. The van der Waals surface area contributed by atoms with Gasteiger partial charge in [-0.3, -0.25) is 9.69 Å². The fourth-order valence-corrected chi connectivity index (χ4v) is 7.22. The molecule has 2 aromatic rings. The number of benzene rings is 2. The summed E-state index contributed by atoms with van der Waals surface area (Å²) in [6.07, 6.45) is 4.55. The number of rotatable bonds is 6. The van der Waals surface area contributed by atoms with Crippen molar-refractivity contribution < 1.29 is 17.9 Å². The Kier molecular flexibility index (Phi) is 7.72. The quantitative estimate of drug-likeness (QED) is 0.611. The van der Waals surface area contributed by atoms with Crippen molar-refractivity contribution in [3.05, 3.63) is 42.5 Å². The normalized spacial score (nSPS) is 22.0. The van der Waals surface area contributed by atoms with Crippen molar-refractivity contribution in [2.45, 2.75) is 37.0 Å². The number of likely N-dealkylation sites (tertiary alicyclic amines) is 1. The predicted molar refractivity (Wildman–Crippen MR) is 137 cm³/mol. The number of piperidine rings is 2. The number of amides is 1. The van der Waals surface area contributed by atoms with Crippen LogP contribution in [-0.2, 0) is 19.6 Å². The number of carbonyl (C=O) groups excluding carboxylic acids is 1. The third-order valence-corrected chi connectivity index (χ3v) is 9.94. The third-order valence-electron chi connectivity index (χ3n) is 8.05. The minimum atomic E-state index is -3.55. The molecule has 0 aliphatic carbocycles. The van der Waals surface area contributed by atoms with E-state index >= 15 is 0 Å². The van der Waals surface area contributed by atoms with Crippen molar-refractivity contribution in [2.75, 3.05) is 59.0 Å². The van der Waals surface area contributed by atoms with E-state index in [1.807, 2.05) is 35.2 Å². The second-order valence-corrected chi connectivity index (χ2v) is 12.1. The molecule has 0 spiro atoms. The van der Waals surface area contributed by atoms with Gasteiger partial charge >= 0.3 is 0 Å². The average molecular weight is 500 g/mol. The van der Waals surface area contributed by atoms with Gasteiger partial charge in [-0.05, 0) is 67.5 Å². The Bertz CT molecular complexity index is 1120. The lowest BCUT2D eigenvalue weighted by Gasteiger charge is -2.37. The van der Waals surface area contributed by atoms with E-state index in [4.69, 9.17) is 4.74 Å². The van der Waals surface area contributed by atoms with Crippen molar-refractivity contribution in [1.82, 2.24) is 14.1 Å². The molecule has 0 atom stereocenters. The monoisotopic (exact) mass is 499 g/mol. The van der Waals surface area contributed by atoms with E-state index in [0.29, 0.717) is 36.7 Å². The number of ether oxygens (including phenoxy) is 1. The summed E-state index contributed by atoms with van der Waals surface area (Å²) in [5.74, 6) is 0.846. The molecule has 0 radical (unpaired) electrons. The van der Waals surface area contributed by atoms with Crippen LogP contribution in [0.15, 0.2) is 47.4 Å². The van der Waals surface area contributed by atoms with Gasteiger partial charge in [0.2, 0.25) is 15.9 Å². The molecule has 8 heteroatoms. The Labute approximate surface area is 209 Å². The zero-order valence-corrected chi connectivity index (χ0v) is 21.3. The van der Waals surface area contributed by atoms with Gasteiger partial charge in [0.25, 0.3) is 0 Å². The number of morpholine rings is 1. The van der Waals surface area contributed by atoms with Gasteiger partial charge in [0.15, 0.2) is 0 Å². The fourth-order valence-electron chi connectivity index (χ4n) is 5.71. The maximum atomic E-state index is 13.2. The number of hydrogen-bond donors (Lipinski definition) is 0. The van der Waals surface area contributed by atoms with E-state index in [1.54, 1.807) is 16.4 Å². The molecule has 2 aromatic carbocycles. The van der Waals surface area contributed by atoms with Crippen LogP contribution in [-0.4, -0.2) is 87.5 Å². The minimum Gasteiger partial charge on any atom is -0.379 e. The number of nitrogens with zero attached hydrogens (tertiary/aromatic N) is 3. The van der Waals surface area contributed by atoms with Gasteiger partial charge in [0, 0.05) is 45.2 Å². The third kappa shape index (κ3) is 5.71. The molecule has 0 unspecified atom stereocenters. The van der Waals surface area contributed by atoms with E-state index in [0.717, 1.165) is 69.6 Å². The highest BCUT2D eigenvalue weighted by Gasteiger charge is 2.35. The number of hydrogen-bond acceptors (Lipinski definition) is 5. The highest BCUT2D eigenvalue weighted by atomic mass is 32.2. The van der Waals surface area contributed by atoms with Crippen molar-refractivity contribution >= 4 is 26.7 Å². The molecule has 7 nitrogen and oxygen atoms in total. The molecule has 3 aliphatic heterocycles. The summed E-state index contributed by atoms with van der Waals surface area (Å²) in [7, 11) is -3.55. The Morgan fingerprint density at radius 1 is 0.857 bits per heavy atom. The first-order valence-electron chi connectivity index (χ1n) is 13.1. The van der Waals surface area contributed by atoms with Crippen LogP contribution in [0.25, 0.3) is 10.8 Å². The van der Waals surface area contributed by atoms with Crippen LogP contribution in [0.1, 0.15) is 32.1 Å². The van der Waals surface area contributed by atoms with E-state index in [9.17, 15) is 13.2 Å². The number of fused-ring (bicyclic) bond motifs is 1. The van der Waals surface area contributed by atoms with Gasteiger partial charge in [-0.1, -0.05) is 30.3 Å². The van der Waals surface area contributed by atoms with Crippen LogP contribution in [0.5, 0.6) is 0 Å². The van der Waals surface area contributed by atoms with Gasteiger partial charge in [0.1, 0.15) is 0 Å². The van der Waals surface area contributed by atoms with E-state index in [1.165, 1.54) is 6.42 Å². The summed E-state index contributed by atoms with van der Waals surface area (Å²) in [6.45, 7) is 7.36. The van der Waals surface area contributed by atoms with Crippen LogP contribution >= 0.6 is 0 Å². The Morgan fingerprint density at radius 2 is 1.54 bits per heavy atom. The SMILES string of the molecule is O=C(C1CCN(S(=O)(=O)c2ccc3ccccc3c2)CC1)N1CCC(CCN2CCOCC2)CC1. The van der Waals surface area contributed by atoms with Gasteiger partial charge in [0.05, 0.1) is 18.1 Å². The Morgan fingerprint density at radius 3 is 2.26 bits per heavy atom. The second kappa shape index (κ2) is 10.9. The molecule has 0 bridgehead atoms. The molecular weight excluding hydrogens is 462 g/mol. The Balaban J connectivity index is 1.10. The average Bonchev–Trinajstić information content (AvgIpc) is 2.92. The predicted octanol–water partition coefficient (Wildman–Crippen LogP) is 3.20. The maximum absolute atomic E-state index is 13.2. The summed E-state index contributed by atoms with van der Waals surface area (Å²) < 4.78 is 33.5. The largest absolute Gasteiger partial charge is 0.379 e. The lowest BCUT2D eigenvalue weighted by Crippen LogP contribution is -2.46. The Hall–Kier alpha value is -2.00. The molecule has 3 heterocycles. The number of carbonyl (C=O) groups is 1. The zero-order valence-electron chi connectivity index (χ0n) is 20.5. The molecule has 0 saturated carbocycles. The molecule has 35 heavy (non-hydrogen) atoms. The molecule has 190 valence electrons. The minimum absolute atomic E-state index is 0.0667. The molecule has 1 amide bonds. The van der Waals surface area contributed by atoms with Crippen molar-refractivity contribution in [2.24, 2.45) is 11.8 Å². The summed E-state index contributed by atoms with van der Waals surface area (Å²) in [5.41, 5.74) is 0. The topological polar surface area (TPSA) is 70.2 Å². The van der Waals surface area contributed by atoms with Crippen molar-refractivity contribution in [3.8, 4) is 0 Å². The van der Waals surface area contributed by atoms with Gasteiger partial charge in [-0.25, -0.2) is 8.42 Å². The second-order valence-electron chi connectivity index (χ2n) is 10.2. The maximum Gasteiger partial charge on any atom is 0.243 e. The molecule has 3 fully saturated rings. The van der Waals surface area contributed by atoms with E-state index in [-0.39, 0.29) is 11.8 Å². The summed E-state index contributed by atoms with van der Waals surface area (Å²) in [6, 6.07) is 13.1. The van der Waals surface area contributed by atoms with Crippen LogP contribution in [0.3, 0.4) is 0 Å². The highest BCUT2D eigenvalue weighted by Crippen LogP contribution is 2.29. The van der Waals surface area contributed by atoms with Gasteiger partial charge in [-0.2, -0.15) is 4.31 Å². The lowest BCUT2D eigenvalue weighted by atomic mass is 9.91. The van der Waals surface area contributed by atoms with E-state index < -0.39 is 10.0 Å². The van der Waals surface area contributed by atoms with Crippen molar-refractivity contribution in [3.63, 3.8) is 0 Å². The molecule has 3 saturated heterocycles. The molecule has 0 aromatic heterocycles. The summed E-state index contributed by atoms with van der Waals surface area (Å²) in [4.78, 5) is 18.0. The zero-order chi connectivity index (χ0) is 24.3. The van der Waals surface area contributed by atoms with Gasteiger partial charge < -0.3 is 9.64 Å². The standard InChI is InChI=1S/C27H37N3O4S/c31-27(29-13-8-22(9-14-29)7-12-28-17-19-34-20-18-28)24-10-15-30(16-11-24)35(32,33)26-6-5-23-3-1-2-4-25(23)21-26/h1-6,21-22,24H,7-20H2. The van der Waals surface area contributed by atoms with Crippen molar-refractivity contribution in [1.29, 1.82) is 0 Å². The van der Waals surface area contributed by atoms with Crippen LogP contribution in [0, 0.1) is 11.8 Å². The molecule has 5 rings (SSSR count). The number of sulfonamides is 1. The molecule has 0 N–H and O–H groups in total. The highest BCUT2D eigenvalue weighted by molar-refractivity contribution is 7.89. The summed E-state index contributed by atoms with van der Waals surface area (Å²) in [5, 5.41) is 1.95. The fraction of sp³-hybridized carbons (Fsp3) is 0.593. The van der Waals surface area contributed by atoms with E-state index in [2.05, 4.69) is 4.90 Å². The first-order chi connectivity index (χ1) is 17.0. The molecular formula is C27H37N3O4S. The smallest absolute Gasteiger partial charge is 0.243 e. The van der Waals surface area contributed by atoms with Crippen LogP contribution in [0.4, 0.5) is 0 Å². The first-order valence-corrected chi connectivity index (χ1v) is 14.5. The lowest BCUT2D eigenvalue weighted by molar-refractivity contribution is -0.138. The van der Waals surface area contributed by atoms with Crippen LogP contribution < -0.4 is 0 Å².